The number of nitrogens with zero attached hydrogens (tertiary/aromatic N) is 1. The van der Waals surface area contributed by atoms with Crippen LogP contribution in [0.15, 0.2) is 29.2 Å². The molecule has 1 N–H and O–H groups in total. The zero-order chi connectivity index (χ0) is 15.7. The second-order valence-corrected chi connectivity index (χ2v) is 8.24. The Labute approximate surface area is 126 Å². The van der Waals surface area contributed by atoms with Gasteiger partial charge in [-0.3, -0.25) is 0 Å². The molecular weight excluding hydrogens is 290 g/mol. The van der Waals surface area contributed by atoms with E-state index in [2.05, 4.69) is 4.90 Å². The second kappa shape index (κ2) is 5.94. The fourth-order valence-corrected chi connectivity index (χ4v) is 3.50. The molecule has 1 saturated heterocycles. The van der Waals surface area contributed by atoms with Crippen LogP contribution in [-0.2, 0) is 14.6 Å². The predicted molar refractivity (Wildman–Crippen MR) is 82.4 cm³/mol. The monoisotopic (exact) mass is 313 g/mol. The molecule has 6 heteroatoms. The van der Waals surface area contributed by atoms with E-state index in [0.29, 0.717) is 18.0 Å². The van der Waals surface area contributed by atoms with Crippen LogP contribution in [0.2, 0.25) is 0 Å². The van der Waals surface area contributed by atoms with Crippen LogP contribution in [0.4, 0.5) is 5.69 Å². The van der Waals surface area contributed by atoms with Crippen molar-refractivity contribution in [2.24, 2.45) is 0 Å². The van der Waals surface area contributed by atoms with Gasteiger partial charge in [0.25, 0.3) is 0 Å². The van der Waals surface area contributed by atoms with E-state index in [-0.39, 0.29) is 24.1 Å². The van der Waals surface area contributed by atoms with Crippen LogP contribution in [0.1, 0.15) is 20.8 Å². The van der Waals surface area contributed by atoms with E-state index in [1.165, 1.54) is 0 Å². The van der Waals surface area contributed by atoms with Crippen LogP contribution in [0.25, 0.3) is 0 Å². The molecule has 1 aliphatic rings. The van der Waals surface area contributed by atoms with Gasteiger partial charge in [0, 0.05) is 18.8 Å². The first-order valence-corrected chi connectivity index (χ1v) is 8.79. The predicted octanol–water partition coefficient (Wildman–Crippen LogP) is 1.46. The van der Waals surface area contributed by atoms with Crippen molar-refractivity contribution in [1.29, 1.82) is 0 Å². The molecule has 21 heavy (non-hydrogen) atoms. The molecule has 5 nitrogen and oxygen atoms in total. The maximum Gasteiger partial charge on any atom is 0.178 e. The van der Waals surface area contributed by atoms with E-state index in [1.807, 2.05) is 26.0 Å². The summed E-state index contributed by atoms with van der Waals surface area (Å²) in [6, 6.07) is 6.92. The maximum atomic E-state index is 11.8. The molecule has 1 unspecified atom stereocenters. The van der Waals surface area contributed by atoms with E-state index < -0.39 is 9.84 Å². The number of rotatable bonds is 4. The van der Waals surface area contributed by atoms with E-state index in [1.54, 1.807) is 19.1 Å². The molecule has 0 saturated carbocycles. The van der Waals surface area contributed by atoms with E-state index in [0.717, 1.165) is 5.69 Å². The van der Waals surface area contributed by atoms with Crippen LogP contribution < -0.4 is 4.90 Å². The Kier molecular flexibility index (Phi) is 4.60. The SMILES string of the molecule is CCS(=O)(=O)c1ccc(N2CC(CO)OC(C)(C)C2)cc1. The topological polar surface area (TPSA) is 66.8 Å². The van der Waals surface area contributed by atoms with Gasteiger partial charge in [-0.2, -0.15) is 0 Å². The van der Waals surface area contributed by atoms with Gasteiger partial charge in [0.15, 0.2) is 9.84 Å². The summed E-state index contributed by atoms with van der Waals surface area (Å²) >= 11 is 0. The molecular formula is C15H23NO4S. The van der Waals surface area contributed by atoms with Crippen molar-refractivity contribution in [3.63, 3.8) is 0 Å². The van der Waals surface area contributed by atoms with Crippen LogP contribution in [0, 0.1) is 0 Å². The summed E-state index contributed by atoms with van der Waals surface area (Å²) in [5.41, 5.74) is 0.597. The quantitative estimate of drug-likeness (QED) is 0.911. The van der Waals surface area contributed by atoms with Gasteiger partial charge in [0.1, 0.15) is 0 Å². The van der Waals surface area contributed by atoms with Crippen LogP contribution >= 0.6 is 0 Å². The summed E-state index contributed by atoms with van der Waals surface area (Å²) in [6.45, 7) is 6.88. The first kappa shape index (κ1) is 16.3. The highest BCUT2D eigenvalue weighted by atomic mass is 32.2. The van der Waals surface area contributed by atoms with Crippen molar-refractivity contribution in [2.75, 3.05) is 30.3 Å². The smallest absolute Gasteiger partial charge is 0.178 e. The largest absolute Gasteiger partial charge is 0.394 e. The Morgan fingerprint density at radius 2 is 1.95 bits per heavy atom. The van der Waals surface area contributed by atoms with Gasteiger partial charge in [0.05, 0.1) is 29.0 Å². The molecule has 1 heterocycles. The minimum atomic E-state index is -3.17. The average molecular weight is 313 g/mol. The number of hydrogen-bond donors (Lipinski definition) is 1. The molecule has 0 amide bonds. The lowest BCUT2D eigenvalue weighted by Gasteiger charge is -2.43. The van der Waals surface area contributed by atoms with Crippen molar-refractivity contribution in [3.05, 3.63) is 24.3 Å². The summed E-state index contributed by atoms with van der Waals surface area (Å²) in [6.07, 6.45) is -0.229. The molecule has 1 fully saturated rings. The fourth-order valence-electron chi connectivity index (χ4n) is 2.62. The van der Waals surface area contributed by atoms with Crippen molar-refractivity contribution >= 4 is 15.5 Å². The molecule has 2 rings (SSSR count). The van der Waals surface area contributed by atoms with Crippen LogP contribution in [0.3, 0.4) is 0 Å². The number of aliphatic hydroxyl groups excluding tert-OH is 1. The Hall–Kier alpha value is -1.11. The highest BCUT2D eigenvalue weighted by Gasteiger charge is 2.33. The average Bonchev–Trinajstić information content (AvgIpc) is 2.45. The van der Waals surface area contributed by atoms with Gasteiger partial charge < -0.3 is 14.7 Å². The normalized spacial score (nSPS) is 22.3. The standard InChI is InChI=1S/C15H23NO4S/c1-4-21(18,19)14-7-5-12(6-8-14)16-9-13(10-17)20-15(2,3)11-16/h5-8,13,17H,4,9-11H2,1-3H3. The molecule has 1 atom stereocenters. The number of aliphatic hydroxyl groups is 1. The third kappa shape index (κ3) is 3.75. The minimum Gasteiger partial charge on any atom is -0.394 e. The summed E-state index contributed by atoms with van der Waals surface area (Å²) < 4.78 is 29.4. The molecule has 1 aliphatic heterocycles. The van der Waals surface area contributed by atoms with Gasteiger partial charge in [-0.05, 0) is 38.1 Å². The third-order valence-corrected chi connectivity index (χ3v) is 5.38. The second-order valence-electron chi connectivity index (χ2n) is 5.96. The van der Waals surface area contributed by atoms with Gasteiger partial charge in [-0.1, -0.05) is 6.92 Å². The number of ether oxygens (including phenoxy) is 1. The molecule has 0 bridgehead atoms. The molecule has 0 radical (unpaired) electrons. The first-order valence-electron chi connectivity index (χ1n) is 7.14. The molecule has 0 aliphatic carbocycles. The lowest BCUT2D eigenvalue weighted by Crippen LogP contribution is -2.54. The Morgan fingerprint density at radius 3 is 2.48 bits per heavy atom. The zero-order valence-corrected chi connectivity index (χ0v) is 13.6. The number of benzene rings is 1. The Balaban J connectivity index is 2.22. The number of sulfone groups is 1. The highest BCUT2D eigenvalue weighted by Crippen LogP contribution is 2.27. The summed E-state index contributed by atoms with van der Waals surface area (Å²) in [5.74, 6) is 0.101. The lowest BCUT2D eigenvalue weighted by atomic mass is 10.0. The number of anilines is 1. The van der Waals surface area contributed by atoms with Crippen LogP contribution in [-0.4, -0.2) is 50.7 Å². The summed E-state index contributed by atoms with van der Waals surface area (Å²) in [7, 11) is -3.17. The maximum absolute atomic E-state index is 11.8. The van der Waals surface area contributed by atoms with Crippen molar-refractivity contribution in [3.8, 4) is 0 Å². The molecule has 0 spiro atoms. The first-order chi connectivity index (χ1) is 9.77. The van der Waals surface area contributed by atoms with Gasteiger partial charge in [-0.25, -0.2) is 8.42 Å². The van der Waals surface area contributed by atoms with E-state index in [4.69, 9.17) is 4.74 Å². The lowest BCUT2D eigenvalue weighted by molar-refractivity contribution is -0.101. The Bertz CT molecular complexity index is 580. The highest BCUT2D eigenvalue weighted by molar-refractivity contribution is 7.91. The summed E-state index contributed by atoms with van der Waals surface area (Å²) in [5, 5.41) is 9.34. The van der Waals surface area contributed by atoms with Gasteiger partial charge in [-0.15, -0.1) is 0 Å². The molecule has 118 valence electrons. The van der Waals surface area contributed by atoms with E-state index in [9.17, 15) is 13.5 Å². The van der Waals surface area contributed by atoms with Crippen molar-refractivity contribution < 1.29 is 18.3 Å². The zero-order valence-electron chi connectivity index (χ0n) is 12.7. The number of morpholine rings is 1. The fraction of sp³-hybridized carbons (Fsp3) is 0.600. The number of hydrogen-bond acceptors (Lipinski definition) is 5. The third-order valence-electron chi connectivity index (χ3n) is 3.63. The van der Waals surface area contributed by atoms with Crippen molar-refractivity contribution in [2.45, 2.75) is 37.4 Å². The summed E-state index contributed by atoms with van der Waals surface area (Å²) in [4.78, 5) is 2.46. The molecule has 1 aromatic carbocycles. The van der Waals surface area contributed by atoms with E-state index >= 15 is 0 Å². The van der Waals surface area contributed by atoms with Crippen molar-refractivity contribution in [1.82, 2.24) is 0 Å². The molecule has 0 aromatic heterocycles. The van der Waals surface area contributed by atoms with Gasteiger partial charge in [0.2, 0.25) is 0 Å². The van der Waals surface area contributed by atoms with Crippen LogP contribution in [0.5, 0.6) is 0 Å². The Morgan fingerprint density at radius 1 is 1.33 bits per heavy atom. The molecule has 1 aromatic rings. The van der Waals surface area contributed by atoms with Gasteiger partial charge >= 0.3 is 0 Å². The minimum absolute atomic E-state index is 0.0256.